The summed E-state index contributed by atoms with van der Waals surface area (Å²) in [5, 5.41) is 6.39. The first-order chi connectivity index (χ1) is 11.0. The molecular weight excluding hydrogens is 292 g/mol. The molecule has 2 rings (SSSR count). The van der Waals surface area contributed by atoms with E-state index in [1.165, 1.54) is 0 Å². The van der Waals surface area contributed by atoms with E-state index in [2.05, 4.69) is 17.6 Å². The lowest BCUT2D eigenvalue weighted by Crippen LogP contribution is -2.45. The lowest BCUT2D eigenvalue weighted by Gasteiger charge is -2.34. The van der Waals surface area contributed by atoms with Crippen LogP contribution in [0.5, 0.6) is 5.75 Å². The van der Waals surface area contributed by atoms with E-state index >= 15 is 0 Å². The maximum absolute atomic E-state index is 12.2. The van der Waals surface area contributed by atoms with Crippen LogP contribution in [-0.4, -0.2) is 38.8 Å². The third kappa shape index (κ3) is 5.52. The fraction of sp³-hybridized carbons (Fsp3) is 0.611. The lowest BCUT2D eigenvalue weighted by atomic mass is 9.81. The molecule has 1 saturated heterocycles. The van der Waals surface area contributed by atoms with E-state index < -0.39 is 6.10 Å². The molecule has 0 radical (unpaired) electrons. The molecule has 1 fully saturated rings. The summed E-state index contributed by atoms with van der Waals surface area (Å²) in [5.41, 5.74) is 1.18. The van der Waals surface area contributed by atoms with E-state index in [1.54, 1.807) is 14.0 Å². The number of amides is 1. The molecule has 0 bridgehead atoms. The van der Waals surface area contributed by atoms with Crippen LogP contribution in [0, 0.1) is 5.41 Å². The minimum absolute atomic E-state index is 0.0485. The number of ether oxygens (including phenoxy) is 2. The van der Waals surface area contributed by atoms with Gasteiger partial charge in [0.15, 0.2) is 0 Å². The van der Waals surface area contributed by atoms with Crippen LogP contribution < -0.4 is 15.4 Å². The standard InChI is InChI=1S/C18H28N2O3/c1-14(23-12-15-5-4-6-16(11-15)22-3)17(21)20-13-18(2)7-9-19-10-8-18/h4-6,11,14,19H,7-10,12-13H2,1-3H3,(H,20,21). The van der Waals surface area contributed by atoms with Crippen LogP contribution in [0.3, 0.4) is 0 Å². The van der Waals surface area contributed by atoms with Gasteiger partial charge in [-0.1, -0.05) is 19.1 Å². The van der Waals surface area contributed by atoms with Gasteiger partial charge in [0, 0.05) is 6.54 Å². The van der Waals surface area contributed by atoms with Gasteiger partial charge < -0.3 is 20.1 Å². The van der Waals surface area contributed by atoms with Crippen molar-refractivity contribution >= 4 is 5.91 Å². The predicted octanol–water partition coefficient (Wildman–Crippen LogP) is 2.11. The molecule has 1 aliphatic heterocycles. The smallest absolute Gasteiger partial charge is 0.248 e. The summed E-state index contributed by atoms with van der Waals surface area (Å²) in [4.78, 5) is 12.2. The second kappa shape index (κ2) is 8.31. The van der Waals surface area contributed by atoms with Gasteiger partial charge in [0.25, 0.3) is 0 Å². The van der Waals surface area contributed by atoms with Crippen molar-refractivity contribution in [3.8, 4) is 5.75 Å². The molecule has 1 atom stereocenters. The van der Waals surface area contributed by atoms with E-state index in [0.717, 1.165) is 37.2 Å². The number of benzene rings is 1. The third-order valence-corrected chi connectivity index (χ3v) is 4.50. The molecule has 1 heterocycles. The molecule has 128 valence electrons. The van der Waals surface area contributed by atoms with Crippen LogP contribution in [0.25, 0.3) is 0 Å². The molecule has 5 heteroatoms. The van der Waals surface area contributed by atoms with Crippen molar-refractivity contribution in [1.29, 1.82) is 0 Å². The van der Waals surface area contributed by atoms with Crippen molar-refractivity contribution in [2.45, 2.75) is 39.4 Å². The number of hydrogen-bond donors (Lipinski definition) is 2. The van der Waals surface area contributed by atoms with Crippen LogP contribution in [0.4, 0.5) is 0 Å². The molecule has 1 unspecified atom stereocenters. The summed E-state index contributed by atoms with van der Waals surface area (Å²) in [6, 6.07) is 7.68. The minimum atomic E-state index is -0.466. The summed E-state index contributed by atoms with van der Waals surface area (Å²) in [5.74, 6) is 0.745. The average Bonchev–Trinajstić information content (AvgIpc) is 2.58. The number of carbonyl (C=O) groups is 1. The molecular formula is C18H28N2O3. The molecule has 0 aromatic heterocycles. The van der Waals surface area contributed by atoms with Gasteiger partial charge in [0.1, 0.15) is 11.9 Å². The lowest BCUT2D eigenvalue weighted by molar-refractivity contribution is -0.133. The summed E-state index contributed by atoms with van der Waals surface area (Å²) in [6.07, 6.45) is 1.71. The van der Waals surface area contributed by atoms with E-state index in [4.69, 9.17) is 9.47 Å². The van der Waals surface area contributed by atoms with Crippen molar-refractivity contribution < 1.29 is 14.3 Å². The van der Waals surface area contributed by atoms with Gasteiger partial charge in [0.05, 0.1) is 13.7 Å². The van der Waals surface area contributed by atoms with Crippen LogP contribution in [0.2, 0.25) is 0 Å². The third-order valence-electron chi connectivity index (χ3n) is 4.50. The van der Waals surface area contributed by atoms with E-state index in [1.807, 2.05) is 24.3 Å². The first-order valence-corrected chi connectivity index (χ1v) is 8.25. The number of carbonyl (C=O) groups excluding carboxylic acids is 1. The molecule has 1 aromatic carbocycles. The van der Waals surface area contributed by atoms with Gasteiger partial charge in [-0.15, -0.1) is 0 Å². The zero-order chi connectivity index (χ0) is 16.7. The second-order valence-electron chi connectivity index (χ2n) is 6.58. The quantitative estimate of drug-likeness (QED) is 0.808. The molecule has 1 aliphatic rings. The summed E-state index contributed by atoms with van der Waals surface area (Å²) in [6.45, 7) is 7.17. The number of nitrogens with one attached hydrogen (secondary N) is 2. The maximum atomic E-state index is 12.2. The second-order valence-corrected chi connectivity index (χ2v) is 6.58. The Kier molecular flexibility index (Phi) is 6.42. The monoisotopic (exact) mass is 320 g/mol. The normalized spacial score (nSPS) is 18.2. The molecule has 1 amide bonds. The fourth-order valence-corrected chi connectivity index (χ4v) is 2.71. The Labute approximate surface area is 138 Å². The van der Waals surface area contributed by atoms with Crippen molar-refractivity contribution in [2.75, 3.05) is 26.7 Å². The van der Waals surface area contributed by atoms with Crippen LogP contribution in [0.1, 0.15) is 32.3 Å². The zero-order valence-electron chi connectivity index (χ0n) is 14.4. The van der Waals surface area contributed by atoms with Crippen molar-refractivity contribution in [3.05, 3.63) is 29.8 Å². The molecule has 2 N–H and O–H groups in total. The molecule has 23 heavy (non-hydrogen) atoms. The average molecular weight is 320 g/mol. The van der Waals surface area contributed by atoms with Crippen molar-refractivity contribution in [1.82, 2.24) is 10.6 Å². The van der Waals surface area contributed by atoms with Gasteiger partial charge in [-0.05, 0) is 56.0 Å². The Balaban J connectivity index is 1.76. The molecule has 0 aliphatic carbocycles. The highest BCUT2D eigenvalue weighted by Crippen LogP contribution is 2.26. The van der Waals surface area contributed by atoms with Gasteiger partial charge in [0.2, 0.25) is 5.91 Å². The van der Waals surface area contributed by atoms with Gasteiger partial charge in [-0.2, -0.15) is 0 Å². The van der Waals surface area contributed by atoms with E-state index in [-0.39, 0.29) is 11.3 Å². The SMILES string of the molecule is COc1cccc(COC(C)C(=O)NCC2(C)CCNCC2)c1. The Morgan fingerprint density at radius 3 is 2.83 bits per heavy atom. The summed E-state index contributed by atoms with van der Waals surface area (Å²) < 4.78 is 10.9. The number of hydrogen-bond acceptors (Lipinski definition) is 4. The first kappa shape index (κ1) is 17.8. The molecule has 0 spiro atoms. The van der Waals surface area contributed by atoms with E-state index in [9.17, 15) is 4.79 Å². The highest BCUT2D eigenvalue weighted by molar-refractivity contribution is 5.80. The summed E-state index contributed by atoms with van der Waals surface area (Å²) in [7, 11) is 1.64. The Bertz CT molecular complexity index is 513. The highest BCUT2D eigenvalue weighted by Gasteiger charge is 2.27. The maximum Gasteiger partial charge on any atom is 0.248 e. The first-order valence-electron chi connectivity index (χ1n) is 8.25. The van der Waals surface area contributed by atoms with Gasteiger partial charge >= 0.3 is 0 Å². The van der Waals surface area contributed by atoms with E-state index in [0.29, 0.717) is 13.2 Å². The zero-order valence-corrected chi connectivity index (χ0v) is 14.4. The summed E-state index contributed by atoms with van der Waals surface area (Å²) >= 11 is 0. The Morgan fingerprint density at radius 2 is 2.13 bits per heavy atom. The molecule has 1 aromatic rings. The van der Waals surface area contributed by atoms with Crippen LogP contribution in [0.15, 0.2) is 24.3 Å². The van der Waals surface area contributed by atoms with Gasteiger partial charge in [-0.25, -0.2) is 0 Å². The Hall–Kier alpha value is -1.59. The Morgan fingerprint density at radius 1 is 1.39 bits per heavy atom. The topological polar surface area (TPSA) is 59.6 Å². The molecule has 5 nitrogen and oxygen atoms in total. The fourth-order valence-electron chi connectivity index (χ4n) is 2.71. The molecule has 0 saturated carbocycles. The van der Waals surface area contributed by atoms with Crippen molar-refractivity contribution in [3.63, 3.8) is 0 Å². The predicted molar refractivity (Wildman–Crippen MR) is 90.5 cm³/mol. The largest absolute Gasteiger partial charge is 0.497 e. The van der Waals surface area contributed by atoms with Crippen molar-refractivity contribution in [2.24, 2.45) is 5.41 Å². The van der Waals surface area contributed by atoms with Gasteiger partial charge in [-0.3, -0.25) is 4.79 Å². The van der Waals surface area contributed by atoms with Crippen LogP contribution in [-0.2, 0) is 16.1 Å². The van der Waals surface area contributed by atoms with Crippen LogP contribution >= 0.6 is 0 Å². The number of piperidine rings is 1. The number of rotatable bonds is 7. The highest BCUT2D eigenvalue weighted by atomic mass is 16.5. The minimum Gasteiger partial charge on any atom is -0.497 e. The number of methoxy groups -OCH3 is 1.